The quantitative estimate of drug-likeness (QED) is 0.247. The predicted octanol–water partition coefficient (Wildman–Crippen LogP) is 7.96. The van der Waals surface area contributed by atoms with Crippen LogP contribution in [0.1, 0.15) is 65.2 Å². The van der Waals surface area contributed by atoms with Crippen LogP contribution in [0.2, 0.25) is 0 Å². The second kappa shape index (κ2) is 10.3. The minimum Gasteiger partial charge on any atom is -0.372 e. The van der Waals surface area contributed by atoms with Crippen LogP contribution in [-0.2, 0) is 0 Å². The van der Waals surface area contributed by atoms with Gasteiger partial charge in [0.15, 0.2) is 0 Å². The lowest BCUT2D eigenvalue weighted by Gasteiger charge is -2.25. The van der Waals surface area contributed by atoms with Gasteiger partial charge >= 0.3 is 0 Å². The molecule has 0 amide bonds. The van der Waals surface area contributed by atoms with E-state index in [4.69, 9.17) is 0 Å². The summed E-state index contributed by atoms with van der Waals surface area (Å²) in [4.78, 5) is 2.62. The van der Waals surface area contributed by atoms with Crippen molar-refractivity contribution in [1.82, 2.24) is 0 Å². The minimum absolute atomic E-state index is 1.19. The Morgan fingerprint density at radius 3 is 1.70 bits per heavy atom. The highest BCUT2D eigenvalue weighted by molar-refractivity contribution is 5.99. The molecule has 0 saturated carbocycles. The van der Waals surface area contributed by atoms with Crippen LogP contribution in [0.4, 0.5) is 5.69 Å². The van der Waals surface area contributed by atoms with Crippen LogP contribution >= 0.6 is 0 Å². The first kappa shape index (κ1) is 19.7. The van der Waals surface area contributed by atoms with Crippen molar-refractivity contribution in [2.45, 2.75) is 65.2 Å². The van der Waals surface area contributed by atoms with Gasteiger partial charge in [-0.2, -0.15) is 0 Å². The molecule has 0 aliphatic carbocycles. The molecule has 3 rings (SSSR count). The van der Waals surface area contributed by atoms with E-state index in [1.807, 2.05) is 0 Å². The Labute approximate surface area is 165 Å². The number of hydrogen-bond acceptors (Lipinski definition) is 1. The lowest BCUT2D eigenvalue weighted by molar-refractivity contribution is 0.609. The standard InChI is InChI=1S/C26H35N/c1-3-5-7-11-17-27(18-12-8-6-4-2)26-16-15-24-19-22-13-9-10-14-23(22)20-25(24)21-26/h9-10,13-16,19-21H,3-8,11-12,17-18H2,1-2H3. The second-order valence-corrected chi connectivity index (χ2v) is 7.84. The number of benzene rings is 3. The van der Waals surface area contributed by atoms with E-state index in [1.54, 1.807) is 0 Å². The summed E-state index contributed by atoms with van der Waals surface area (Å²) >= 11 is 0. The second-order valence-electron chi connectivity index (χ2n) is 7.84. The zero-order valence-corrected chi connectivity index (χ0v) is 17.2. The molecule has 0 bridgehead atoms. The van der Waals surface area contributed by atoms with Crippen molar-refractivity contribution in [3.05, 3.63) is 54.6 Å². The van der Waals surface area contributed by atoms with Gasteiger partial charge in [0.1, 0.15) is 0 Å². The normalized spacial score (nSPS) is 11.3. The van der Waals surface area contributed by atoms with Crippen molar-refractivity contribution in [3.8, 4) is 0 Å². The average molecular weight is 362 g/mol. The van der Waals surface area contributed by atoms with E-state index in [1.165, 1.54) is 91.7 Å². The summed E-state index contributed by atoms with van der Waals surface area (Å²) in [5, 5.41) is 5.36. The summed E-state index contributed by atoms with van der Waals surface area (Å²) in [5.41, 5.74) is 1.39. The van der Waals surface area contributed by atoms with Crippen LogP contribution in [0.25, 0.3) is 21.5 Å². The fraction of sp³-hybridized carbons (Fsp3) is 0.462. The van der Waals surface area contributed by atoms with Crippen molar-refractivity contribution in [2.75, 3.05) is 18.0 Å². The van der Waals surface area contributed by atoms with Crippen LogP contribution in [0, 0.1) is 0 Å². The number of anilines is 1. The summed E-state index contributed by atoms with van der Waals surface area (Å²) in [5.74, 6) is 0. The first-order valence-corrected chi connectivity index (χ1v) is 11.0. The van der Waals surface area contributed by atoms with Crippen LogP contribution in [0.5, 0.6) is 0 Å². The molecule has 0 unspecified atom stereocenters. The summed E-state index contributed by atoms with van der Waals surface area (Å²) in [6.07, 6.45) is 10.6. The molecule has 0 N–H and O–H groups in total. The maximum absolute atomic E-state index is 2.62. The molecule has 3 aromatic carbocycles. The number of fused-ring (bicyclic) bond motifs is 2. The summed E-state index contributed by atoms with van der Waals surface area (Å²) in [7, 11) is 0. The van der Waals surface area contributed by atoms with Gasteiger partial charge in [0.25, 0.3) is 0 Å². The van der Waals surface area contributed by atoms with Crippen LogP contribution in [0.3, 0.4) is 0 Å². The molecule has 0 aliphatic rings. The molecule has 0 heterocycles. The van der Waals surface area contributed by atoms with Gasteiger partial charge in [-0.15, -0.1) is 0 Å². The highest BCUT2D eigenvalue weighted by Gasteiger charge is 2.08. The van der Waals surface area contributed by atoms with Gasteiger partial charge in [-0.05, 0) is 58.7 Å². The molecule has 0 spiro atoms. The Bertz CT molecular complexity index is 824. The van der Waals surface area contributed by atoms with Gasteiger partial charge in [-0.25, -0.2) is 0 Å². The molecule has 0 fully saturated rings. The summed E-state index contributed by atoms with van der Waals surface area (Å²) < 4.78 is 0. The Morgan fingerprint density at radius 1 is 0.556 bits per heavy atom. The molecule has 0 aliphatic heterocycles. The predicted molar refractivity (Wildman–Crippen MR) is 122 cm³/mol. The molecule has 0 atom stereocenters. The molecule has 0 saturated heterocycles. The van der Waals surface area contributed by atoms with Crippen LogP contribution in [0.15, 0.2) is 54.6 Å². The Morgan fingerprint density at radius 2 is 1.11 bits per heavy atom. The first-order chi connectivity index (χ1) is 13.3. The van der Waals surface area contributed by atoms with E-state index in [0.717, 1.165) is 0 Å². The maximum Gasteiger partial charge on any atom is 0.0372 e. The third kappa shape index (κ3) is 5.48. The largest absolute Gasteiger partial charge is 0.372 e. The number of rotatable bonds is 11. The third-order valence-electron chi connectivity index (χ3n) is 5.62. The van der Waals surface area contributed by atoms with Gasteiger partial charge in [0.2, 0.25) is 0 Å². The molecule has 0 radical (unpaired) electrons. The van der Waals surface area contributed by atoms with Crippen molar-refractivity contribution in [1.29, 1.82) is 0 Å². The molecule has 3 aromatic rings. The monoisotopic (exact) mass is 361 g/mol. The van der Waals surface area contributed by atoms with Gasteiger partial charge in [-0.3, -0.25) is 0 Å². The SMILES string of the molecule is CCCCCCN(CCCCCC)c1ccc2cc3ccccc3cc2c1. The lowest BCUT2D eigenvalue weighted by atomic mass is 10.0. The van der Waals surface area contributed by atoms with Gasteiger partial charge in [0.05, 0.1) is 0 Å². The fourth-order valence-electron chi connectivity index (χ4n) is 3.95. The minimum atomic E-state index is 1.19. The van der Waals surface area contributed by atoms with E-state index in [-0.39, 0.29) is 0 Å². The van der Waals surface area contributed by atoms with E-state index >= 15 is 0 Å². The third-order valence-corrected chi connectivity index (χ3v) is 5.62. The van der Waals surface area contributed by atoms with E-state index in [0.29, 0.717) is 0 Å². The Kier molecular flexibility index (Phi) is 7.56. The van der Waals surface area contributed by atoms with Crippen LogP contribution in [-0.4, -0.2) is 13.1 Å². The smallest absolute Gasteiger partial charge is 0.0372 e. The molecule has 1 nitrogen and oxygen atoms in total. The van der Waals surface area contributed by atoms with Crippen LogP contribution < -0.4 is 4.90 Å². The molecule has 27 heavy (non-hydrogen) atoms. The molecule has 1 heteroatoms. The van der Waals surface area contributed by atoms with E-state index in [9.17, 15) is 0 Å². The highest BCUT2D eigenvalue weighted by atomic mass is 15.1. The molecule has 144 valence electrons. The molecular formula is C26H35N. The van der Waals surface area contributed by atoms with Gasteiger partial charge in [0, 0.05) is 18.8 Å². The van der Waals surface area contributed by atoms with Crippen molar-refractivity contribution in [3.63, 3.8) is 0 Å². The maximum atomic E-state index is 2.62. The topological polar surface area (TPSA) is 3.24 Å². The highest BCUT2D eigenvalue weighted by Crippen LogP contribution is 2.27. The molecular weight excluding hydrogens is 326 g/mol. The van der Waals surface area contributed by atoms with Gasteiger partial charge in [-0.1, -0.05) is 82.7 Å². The van der Waals surface area contributed by atoms with Crippen molar-refractivity contribution >= 4 is 27.2 Å². The molecule has 0 aromatic heterocycles. The number of unbranched alkanes of at least 4 members (excludes halogenated alkanes) is 6. The van der Waals surface area contributed by atoms with Crippen molar-refractivity contribution in [2.24, 2.45) is 0 Å². The first-order valence-electron chi connectivity index (χ1n) is 11.0. The summed E-state index contributed by atoms with van der Waals surface area (Å²) in [6.45, 7) is 6.95. The Balaban J connectivity index is 1.80. The lowest BCUT2D eigenvalue weighted by Crippen LogP contribution is -2.25. The van der Waals surface area contributed by atoms with E-state index < -0.39 is 0 Å². The summed E-state index contributed by atoms with van der Waals surface area (Å²) in [6, 6.07) is 20.4. The fourth-order valence-corrected chi connectivity index (χ4v) is 3.95. The number of nitrogens with zero attached hydrogens (tertiary/aromatic N) is 1. The van der Waals surface area contributed by atoms with Gasteiger partial charge < -0.3 is 4.90 Å². The number of hydrogen-bond donors (Lipinski definition) is 0. The Hall–Kier alpha value is -2.02. The van der Waals surface area contributed by atoms with E-state index in [2.05, 4.69) is 73.3 Å². The zero-order valence-electron chi connectivity index (χ0n) is 17.2. The average Bonchev–Trinajstić information content (AvgIpc) is 2.70. The zero-order chi connectivity index (χ0) is 18.9. The van der Waals surface area contributed by atoms with Crippen molar-refractivity contribution < 1.29 is 0 Å².